The highest BCUT2D eigenvalue weighted by Gasteiger charge is 2.41. The summed E-state index contributed by atoms with van der Waals surface area (Å²) in [6.07, 6.45) is 0.299. The molecule has 4 heteroatoms. The van der Waals surface area contributed by atoms with Crippen molar-refractivity contribution in [2.24, 2.45) is 5.92 Å². The molecule has 4 nitrogen and oxygen atoms in total. The van der Waals surface area contributed by atoms with Crippen molar-refractivity contribution in [3.63, 3.8) is 0 Å². The van der Waals surface area contributed by atoms with Crippen molar-refractivity contribution >= 4 is 5.97 Å². The predicted octanol–water partition coefficient (Wildman–Crippen LogP) is 3.66. The van der Waals surface area contributed by atoms with Crippen molar-refractivity contribution < 1.29 is 19.4 Å². The van der Waals surface area contributed by atoms with Crippen molar-refractivity contribution in [2.45, 2.75) is 19.1 Å². The van der Waals surface area contributed by atoms with Gasteiger partial charge in [-0.1, -0.05) is 61.5 Å². The third kappa shape index (κ3) is 3.28. The molecule has 1 heterocycles. The summed E-state index contributed by atoms with van der Waals surface area (Å²) in [5.41, 5.74) is 3.11. The van der Waals surface area contributed by atoms with Gasteiger partial charge in [-0.3, -0.25) is 4.79 Å². The van der Waals surface area contributed by atoms with E-state index in [1.807, 2.05) is 42.5 Å². The Kier molecular flexibility index (Phi) is 4.46. The molecule has 120 valence electrons. The molecule has 0 unspecified atom stereocenters. The monoisotopic (exact) mass is 312 g/mol. The van der Waals surface area contributed by atoms with Crippen LogP contribution in [0.2, 0.25) is 0 Å². The SMILES string of the molecule is C[C@@H](CC1(c2ccc(-c3ccccc3)cc2)OCCO1)C(=O)O. The smallest absolute Gasteiger partial charge is 0.306 e. The highest BCUT2D eigenvalue weighted by Crippen LogP contribution is 2.38. The van der Waals surface area contributed by atoms with E-state index in [1.165, 1.54) is 0 Å². The Labute approximate surface area is 135 Å². The van der Waals surface area contributed by atoms with E-state index >= 15 is 0 Å². The number of carbonyl (C=O) groups is 1. The largest absolute Gasteiger partial charge is 0.481 e. The molecular weight excluding hydrogens is 292 g/mol. The lowest BCUT2D eigenvalue weighted by Crippen LogP contribution is -2.31. The summed E-state index contributed by atoms with van der Waals surface area (Å²) in [6, 6.07) is 18.1. The standard InChI is InChI=1S/C19H20O4/c1-14(18(20)21)13-19(22-11-12-23-19)17-9-7-16(8-10-17)15-5-3-2-4-6-15/h2-10,14H,11-13H2,1H3,(H,20,21)/t14-/m0/s1. The van der Waals surface area contributed by atoms with E-state index in [9.17, 15) is 9.90 Å². The van der Waals surface area contributed by atoms with Gasteiger partial charge in [0.05, 0.1) is 19.1 Å². The zero-order valence-corrected chi connectivity index (χ0v) is 13.1. The summed E-state index contributed by atoms with van der Waals surface area (Å²) in [6.45, 7) is 2.63. The van der Waals surface area contributed by atoms with Crippen molar-refractivity contribution in [3.8, 4) is 11.1 Å². The molecule has 0 aromatic heterocycles. The van der Waals surface area contributed by atoms with Gasteiger partial charge >= 0.3 is 5.97 Å². The van der Waals surface area contributed by atoms with E-state index in [-0.39, 0.29) is 0 Å². The van der Waals surface area contributed by atoms with Gasteiger partial charge in [-0.25, -0.2) is 0 Å². The van der Waals surface area contributed by atoms with Crippen LogP contribution in [0.1, 0.15) is 18.9 Å². The van der Waals surface area contributed by atoms with Crippen LogP contribution in [0.5, 0.6) is 0 Å². The Morgan fingerprint density at radius 1 is 1.04 bits per heavy atom. The first-order chi connectivity index (χ1) is 11.1. The fourth-order valence-electron chi connectivity index (χ4n) is 2.89. The normalized spacial score (nSPS) is 17.8. The maximum absolute atomic E-state index is 11.2. The van der Waals surface area contributed by atoms with Crippen LogP contribution in [-0.2, 0) is 20.1 Å². The summed E-state index contributed by atoms with van der Waals surface area (Å²) in [4.78, 5) is 11.2. The molecule has 0 aliphatic carbocycles. The van der Waals surface area contributed by atoms with Crippen LogP contribution in [0.4, 0.5) is 0 Å². The van der Waals surface area contributed by atoms with E-state index < -0.39 is 17.7 Å². The van der Waals surface area contributed by atoms with Crippen LogP contribution >= 0.6 is 0 Å². The Morgan fingerprint density at radius 2 is 1.61 bits per heavy atom. The van der Waals surface area contributed by atoms with Crippen LogP contribution < -0.4 is 0 Å². The first-order valence-corrected chi connectivity index (χ1v) is 7.77. The van der Waals surface area contributed by atoms with Gasteiger partial charge in [0.25, 0.3) is 0 Å². The molecule has 0 radical (unpaired) electrons. The lowest BCUT2D eigenvalue weighted by molar-refractivity contribution is -0.184. The molecule has 1 aliphatic heterocycles. The lowest BCUT2D eigenvalue weighted by Gasteiger charge is -2.29. The second kappa shape index (κ2) is 6.52. The Hall–Kier alpha value is -2.17. The molecule has 1 aliphatic rings. The van der Waals surface area contributed by atoms with Gasteiger partial charge in [-0.15, -0.1) is 0 Å². The molecule has 2 aromatic rings. The van der Waals surface area contributed by atoms with Gasteiger partial charge in [0.2, 0.25) is 0 Å². The molecular formula is C19H20O4. The number of hydrogen-bond donors (Lipinski definition) is 1. The Bertz CT molecular complexity index is 658. The molecule has 0 bridgehead atoms. The fraction of sp³-hybridized carbons (Fsp3) is 0.316. The maximum Gasteiger partial charge on any atom is 0.306 e. The Morgan fingerprint density at radius 3 is 2.17 bits per heavy atom. The number of benzene rings is 2. The van der Waals surface area contributed by atoms with Crippen molar-refractivity contribution in [2.75, 3.05) is 13.2 Å². The minimum absolute atomic E-state index is 0.299. The fourth-order valence-corrected chi connectivity index (χ4v) is 2.89. The number of hydrogen-bond acceptors (Lipinski definition) is 3. The number of aliphatic carboxylic acids is 1. The van der Waals surface area contributed by atoms with Gasteiger partial charge in [0, 0.05) is 12.0 Å². The quantitative estimate of drug-likeness (QED) is 0.915. The van der Waals surface area contributed by atoms with Crippen LogP contribution in [0.15, 0.2) is 54.6 Å². The van der Waals surface area contributed by atoms with Gasteiger partial charge in [0.1, 0.15) is 0 Å². The number of rotatable bonds is 5. The first-order valence-electron chi connectivity index (χ1n) is 7.77. The van der Waals surface area contributed by atoms with Crippen molar-refractivity contribution in [1.82, 2.24) is 0 Å². The van der Waals surface area contributed by atoms with Crippen molar-refractivity contribution in [3.05, 3.63) is 60.2 Å². The highest BCUT2D eigenvalue weighted by atomic mass is 16.7. The molecule has 0 amide bonds. The molecule has 1 N–H and O–H groups in total. The highest BCUT2D eigenvalue weighted by molar-refractivity contribution is 5.69. The molecule has 23 heavy (non-hydrogen) atoms. The van der Waals surface area contributed by atoms with Crippen LogP contribution in [0, 0.1) is 5.92 Å². The van der Waals surface area contributed by atoms with E-state index in [2.05, 4.69) is 12.1 Å². The molecule has 2 aromatic carbocycles. The average molecular weight is 312 g/mol. The third-order valence-electron chi connectivity index (χ3n) is 4.18. The second-order valence-electron chi connectivity index (χ2n) is 5.84. The van der Waals surface area contributed by atoms with Crippen molar-refractivity contribution in [1.29, 1.82) is 0 Å². The molecule has 1 saturated heterocycles. The van der Waals surface area contributed by atoms with E-state index in [0.29, 0.717) is 19.6 Å². The molecule has 1 atom stereocenters. The third-order valence-corrected chi connectivity index (χ3v) is 4.18. The number of carboxylic acid groups (broad SMARTS) is 1. The second-order valence-corrected chi connectivity index (χ2v) is 5.84. The predicted molar refractivity (Wildman–Crippen MR) is 86.9 cm³/mol. The van der Waals surface area contributed by atoms with Crippen LogP contribution in [0.25, 0.3) is 11.1 Å². The molecule has 1 fully saturated rings. The molecule has 0 saturated carbocycles. The minimum atomic E-state index is -0.951. The van der Waals surface area contributed by atoms with E-state index in [4.69, 9.17) is 9.47 Å². The average Bonchev–Trinajstić information content (AvgIpc) is 3.05. The van der Waals surface area contributed by atoms with E-state index in [0.717, 1.165) is 16.7 Å². The van der Waals surface area contributed by atoms with E-state index in [1.54, 1.807) is 6.92 Å². The summed E-state index contributed by atoms with van der Waals surface area (Å²) >= 11 is 0. The molecule has 3 rings (SSSR count). The number of ether oxygens (including phenoxy) is 2. The summed E-state index contributed by atoms with van der Waals surface area (Å²) < 4.78 is 11.6. The maximum atomic E-state index is 11.2. The number of carboxylic acids is 1. The van der Waals surface area contributed by atoms with Gasteiger partial charge in [-0.2, -0.15) is 0 Å². The summed E-state index contributed by atoms with van der Waals surface area (Å²) in [7, 11) is 0. The summed E-state index contributed by atoms with van der Waals surface area (Å²) in [5.74, 6) is -2.33. The lowest BCUT2D eigenvalue weighted by atomic mass is 9.93. The minimum Gasteiger partial charge on any atom is -0.481 e. The zero-order valence-electron chi connectivity index (χ0n) is 13.1. The summed E-state index contributed by atoms with van der Waals surface area (Å²) in [5, 5.41) is 9.19. The van der Waals surface area contributed by atoms with Gasteiger partial charge in [-0.05, 0) is 11.1 Å². The molecule has 0 spiro atoms. The first kappa shape index (κ1) is 15.7. The van der Waals surface area contributed by atoms with Gasteiger partial charge in [0.15, 0.2) is 5.79 Å². The van der Waals surface area contributed by atoms with Gasteiger partial charge < -0.3 is 14.6 Å². The van der Waals surface area contributed by atoms with Crippen LogP contribution in [0.3, 0.4) is 0 Å². The van der Waals surface area contributed by atoms with Crippen LogP contribution in [-0.4, -0.2) is 24.3 Å². The Balaban J connectivity index is 1.87. The topological polar surface area (TPSA) is 55.8 Å². The zero-order chi connectivity index (χ0) is 16.3.